The fourth-order valence-corrected chi connectivity index (χ4v) is 2.39. The lowest BCUT2D eigenvalue weighted by Crippen LogP contribution is -2.44. The molecule has 0 bridgehead atoms. The molecular weight excluding hydrogens is 190 g/mol. The van der Waals surface area contributed by atoms with Crippen LogP contribution in [0.15, 0.2) is 0 Å². The summed E-state index contributed by atoms with van der Waals surface area (Å²) in [5.74, 6) is 0.156. The van der Waals surface area contributed by atoms with Gasteiger partial charge in [-0.1, -0.05) is 20.3 Å². The zero-order chi connectivity index (χ0) is 11.3. The maximum absolute atomic E-state index is 10.9. The molecule has 88 valence electrons. The van der Waals surface area contributed by atoms with Crippen LogP contribution in [0, 0.1) is 5.92 Å². The Morgan fingerprint density at radius 3 is 2.33 bits per heavy atom. The number of carboxylic acid groups (broad SMARTS) is 1. The van der Waals surface area contributed by atoms with E-state index in [4.69, 9.17) is 5.11 Å². The number of carboxylic acids is 1. The molecule has 0 spiro atoms. The van der Waals surface area contributed by atoms with E-state index in [0.29, 0.717) is 12.5 Å². The van der Waals surface area contributed by atoms with Crippen LogP contribution in [0.2, 0.25) is 0 Å². The third-order valence-corrected chi connectivity index (χ3v) is 3.57. The number of hydrogen-bond donors (Lipinski definition) is 2. The van der Waals surface area contributed by atoms with Crippen molar-refractivity contribution in [3.05, 3.63) is 0 Å². The highest BCUT2D eigenvalue weighted by atomic mass is 16.4. The largest absolute Gasteiger partial charge is 0.480 e. The van der Waals surface area contributed by atoms with E-state index in [1.807, 2.05) is 6.92 Å². The molecule has 0 saturated heterocycles. The Morgan fingerprint density at radius 2 is 1.93 bits per heavy atom. The van der Waals surface area contributed by atoms with E-state index in [0.717, 1.165) is 18.8 Å². The zero-order valence-corrected chi connectivity index (χ0v) is 9.83. The number of carbonyl (C=O) groups is 1. The van der Waals surface area contributed by atoms with Crippen LogP contribution in [0.3, 0.4) is 0 Å². The average Bonchev–Trinajstić information content (AvgIpc) is 2.26. The molecular formula is C12H23NO2. The fourth-order valence-electron chi connectivity index (χ4n) is 2.39. The van der Waals surface area contributed by atoms with E-state index in [2.05, 4.69) is 12.2 Å². The van der Waals surface area contributed by atoms with Crippen molar-refractivity contribution in [2.24, 2.45) is 5.92 Å². The minimum Gasteiger partial charge on any atom is -0.480 e. The van der Waals surface area contributed by atoms with Gasteiger partial charge in [0.25, 0.3) is 0 Å². The van der Waals surface area contributed by atoms with Gasteiger partial charge in [0.2, 0.25) is 0 Å². The van der Waals surface area contributed by atoms with Crippen LogP contribution in [0.1, 0.15) is 52.4 Å². The van der Waals surface area contributed by atoms with Gasteiger partial charge in [-0.25, -0.2) is 0 Å². The molecule has 1 saturated carbocycles. The van der Waals surface area contributed by atoms with Crippen molar-refractivity contribution in [2.75, 3.05) is 0 Å². The standard InChI is InChI=1S/C12H23NO2/c1-3-9-5-7-10(8-6-9)13-11(4-2)12(14)15/h9-11,13H,3-8H2,1-2H3,(H,14,15). The van der Waals surface area contributed by atoms with Gasteiger partial charge < -0.3 is 10.4 Å². The van der Waals surface area contributed by atoms with Crippen LogP contribution < -0.4 is 5.32 Å². The van der Waals surface area contributed by atoms with Gasteiger partial charge in [0.1, 0.15) is 6.04 Å². The molecule has 15 heavy (non-hydrogen) atoms. The molecule has 0 radical (unpaired) electrons. The van der Waals surface area contributed by atoms with E-state index in [-0.39, 0.29) is 6.04 Å². The van der Waals surface area contributed by atoms with Crippen LogP contribution in [-0.4, -0.2) is 23.2 Å². The maximum atomic E-state index is 10.9. The van der Waals surface area contributed by atoms with Crippen LogP contribution in [-0.2, 0) is 4.79 Å². The molecule has 0 heterocycles. The minimum atomic E-state index is -0.713. The smallest absolute Gasteiger partial charge is 0.320 e. The first kappa shape index (κ1) is 12.5. The molecule has 2 N–H and O–H groups in total. The molecule has 1 atom stereocenters. The van der Waals surface area contributed by atoms with Crippen molar-refractivity contribution < 1.29 is 9.90 Å². The Morgan fingerprint density at radius 1 is 1.33 bits per heavy atom. The molecule has 1 aliphatic carbocycles. The van der Waals surface area contributed by atoms with Gasteiger partial charge in [0, 0.05) is 6.04 Å². The quantitative estimate of drug-likeness (QED) is 0.737. The first-order valence-electron chi connectivity index (χ1n) is 6.16. The highest BCUT2D eigenvalue weighted by Crippen LogP contribution is 2.26. The maximum Gasteiger partial charge on any atom is 0.320 e. The number of aliphatic carboxylic acids is 1. The van der Waals surface area contributed by atoms with Gasteiger partial charge >= 0.3 is 5.97 Å². The molecule has 0 aliphatic heterocycles. The molecule has 1 rings (SSSR count). The van der Waals surface area contributed by atoms with Crippen molar-refractivity contribution in [2.45, 2.75) is 64.5 Å². The van der Waals surface area contributed by atoms with Crippen LogP contribution in [0.5, 0.6) is 0 Å². The summed E-state index contributed by atoms with van der Waals surface area (Å²) < 4.78 is 0. The lowest BCUT2D eigenvalue weighted by atomic mass is 9.84. The highest BCUT2D eigenvalue weighted by Gasteiger charge is 2.24. The number of hydrogen-bond acceptors (Lipinski definition) is 2. The third-order valence-electron chi connectivity index (χ3n) is 3.57. The SMILES string of the molecule is CCC1CCC(NC(CC)C(=O)O)CC1. The monoisotopic (exact) mass is 213 g/mol. The summed E-state index contributed by atoms with van der Waals surface area (Å²) >= 11 is 0. The van der Waals surface area contributed by atoms with E-state index in [1.54, 1.807) is 0 Å². The van der Waals surface area contributed by atoms with Crippen molar-refractivity contribution in [3.63, 3.8) is 0 Å². The second-order valence-electron chi connectivity index (χ2n) is 4.59. The highest BCUT2D eigenvalue weighted by molar-refractivity contribution is 5.73. The van der Waals surface area contributed by atoms with Gasteiger partial charge in [-0.2, -0.15) is 0 Å². The Hall–Kier alpha value is -0.570. The summed E-state index contributed by atoms with van der Waals surface area (Å²) in [4.78, 5) is 10.9. The third kappa shape index (κ3) is 3.82. The summed E-state index contributed by atoms with van der Waals surface area (Å²) in [6.45, 7) is 4.16. The summed E-state index contributed by atoms with van der Waals surface area (Å²) in [5.41, 5.74) is 0. The first-order chi connectivity index (χ1) is 7.17. The van der Waals surface area contributed by atoms with Crippen LogP contribution in [0.4, 0.5) is 0 Å². The fraction of sp³-hybridized carbons (Fsp3) is 0.917. The van der Waals surface area contributed by atoms with Gasteiger partial charge in [0.15, 0.2) is 0 Å². The molecule has 3 heteroatoms. The van der Waals surface area contributed by atoms with Crippen molar-refractivity contribution in [1.29, 1.82) is 0 Å². The molecule has 0 aromatic rings. The van der Waals surface area contributed by atoms with Gasteiger partial charge in [-0.05, 0) is 38.0 Å². The Bertz CT molecular complexity index is 198. The molecule has 3 nitrogen and oxygen atoms in total. The molecule has 0 amide bonds. The van der Waals surface area contributed by atoms with Gasteiger partial charge in [0.05, 0.1) is 0 Å². The zero-order valence-electron chi connectivity index (χ0n) is 9.83. The predicted octanol–water partition coefficient (Wildman–Crippen LogP) is 2.41. The summed E-state index contributed by atoms with van der Waals surface area (Å²) in [7, 11) is 0. The van der Waals surface area contributed by atoms with E-state index >= 15 is 0 Å². The minimum absolute atomic E-state index is 0.354. The summed E-state index contributed by atoms with van der Waals surface area (Å²) in [6.07, 6.45) is 6.73. The van der Waals surface area contributed by atoms with Crippen LogP contribution in [0.25, 0.3) is 0 Å². The lowest BCUT2D eigenvalue weighted by Gasteiger charge is -2.30. The topological polar surface area (TPSA) is 49.3 Å². The Kier molecular flexibility index (Phi) is 5.09. The van der Waals surface area contributed by atoms with E-state index in [1.165, 1.54) is 19.3 Å². The van der Waals surface area contributed by atoms with Crippen LogP contribution >= 0.6 is 0 Å². The molecule has 0 aromatic carbocycles. The molecule has 1 unspecified atom stereocenters. The summed E-state index contributed by atoms with van der Waals surface area (Å²) in [6, 6.07) is 0.0713. The average molecular weight is 213 g/mol. The van der Waals surface area contributed by atoms with Gasteiger partial charge in [-0.15, -0.1) is 0 Å². The Labute approximate surface area is 92.3 Å². The predicted molar refractivity (Wildman–Crippen MR) is 60.9 cm³/mol. The van der Waals surface area contributed by atoms with Crippen molar-refractivity contribution in [1.82, 2.24) is 5.32 Å². The normalized spacial score (nSPS) is 28.7. The molecule has 1 fully saturated rings. The van der Waals surface area contributed by atoms with Gasteiger partial charge in [-0.3, -0.25) is 4.79 Å². The molecule has 1 aliphatic rings. The second-order valence-corrected chi connectivity index (χ2v) is 4.59. The lowest BCUT2D eigenvalue weighted by molar-refractivity contribution is -0.139. The summed E-state index contributed by atoms with van der Waals surface area (Å²) in [5, 5.41) is 12.2. The van der Waals surface area contributed by atoms with E-state index in [9.17, 15) is 4.79 Å². The Balaban J connectivity index is 2.31. The van der Waals surface area contributed by atoms with E-state index < -0.39 is 5.97 Å². The second kappa shape index (κ2) is 6.11. The molecule has 0 aromatic heterocycles. The van der Waals surface area contributed by atoms with Crippen molar-refractivity contribution >= 4 is 5.97 Å². The number of nitrogens with one attached hydrogen (secondary N) is 1. The van der Waals surface area contributed by atoms with Crippen molar-refractivity contribution in [3.8, 4) is 0 Å². The first-order valence-corrected chi connectivity index (χ1v) is 6.16. The number of rotatable bonds is 5.